The van der Waals surface area contributed by atoms with Crippen LogP contribution in [-0.2, 0) is 11.2 Å². The Morgan fingerprint density at radius 3 is 3.12 bits per heavy atom. The number of aromatic nitrogens is 3. The van der Waals surface area contributed by atoms with E-state index in [1.165, 1.54) is 0 Å². The first-order chi connectivity index (χ1) is 12.2. The van der Waals surface area contributed by atoms with E-state index in [1.807, 2.05) is 24.3 Å². The second-order valence-corrected chi connectivity index (χ2v) is 6.32. The van der Waals surface area contributed by atoms with Crippen molar-refractivity contribution in [2.75, 3.05) is 13.1 Å². The molecular weight excluding hydrogens is 320 g/mol. The first-order valence-corrected chi connectivity index (χ1v) is 8.46. The molecule has 1 amide bonds. The zero-order valence-electron chi connectivity index (χ0n) is 14.1. The predicted octanol–water partition coefficient (Wildman–Crippen LogP) is 2.85. The summed E-state index contributed by atoms with van der Waals surface area (Å²) in [7, 11) is 0. The number of imidazole rings is 1. The van der Waals surface area contributed by atoms with E-state index in [2.05, 4.69) is 14.5 Å². The molecule has 1 fully saturated rings. The Hall–Kier alpha value is -2.83. The van der Waals surface area contributed by atoms with Gasteiger partial charge < -0.3 is 18.3 Å². The predicted molar refractivity (Wildman–Crippen MR) is 89.7 cm³/mol. The largest absolute Gasteiger partial charge is 0.459 e. The first-order valence-electron chi connectivity index (χ1n) is 8.46. The maximum Gasteiger partial charge on any atom is 0.263 e. The third kappa shape index (κ3) is 3.22. The average molecular weight is 340 g/mol. The van der Waals surface area contributed by atoms with E-state index < -0.39 is 0 Å². The number of oxazole rings is 1. The summed E-state index contributed by atoms with van der Waals surface area (Å²) in [4.78, 5) is 23.2. The SMILES string of the molecule is Cc1oc(-c2ccco2)nc1CC(=O)N1CCCC(n2ccnc2)C1. The standard InChI is InChI=1S/C18H20N4O3/c1-13-15(20-18(25-13)16-5-3-9-24-16)10-17(23)21-7-2-4-14(11-21)22-8-6-19-12-22/h3,5-6,8-9,12,14H,2,4,7,10-11H2,1H3. The molecule has 1 saturated heterocycles. The van der Waals surface area contributed by atoms with Crippen molar-refractivity contribution >= 4 is 5.91 Å². The quantitative estimate of drug-likeness (QED) is 0.730. The van der Waals surface area contributed by atoms with Gasteiger partial charge in [0.15, 0.2) is 5.76 Å². The monoisotopic (exact) mass is 340 g/mol. The molecule has 7 heteroatoms. The Morgan fingerprint density at radius 1 is 1.44 bits per heavy atom. The number of hydrogen-bond donors (Lipinski definition) is 0. The molecule has 1 aliphatic rings. The van der Waals surface area contributed by atoms with Crippen molar-refractivity contribution in [2.45, 2.75) is 32.2 Å². The van der Waals surface area contributed by atoms with Gasteiger partial charge in [-0.15, -0.1) is 0 Å². The summed E-state index contributed by atoms with van der Waals surface area (Å²) in [6.45, 7) is 3.32. The lowest BCUT2D eigenvalue weighted by molar-refractivity contribution is -0.132. The van der Waals surface area contributed by atoms with Crippen LogP contribution in [0.4, 0.5) is 0 Å². The van der Waals surface area contributed by atoms with Gasteiger partial charge in [0, 0.05) is 25.5 Å². The highest BCUT2D eigenvalue weighted by Crippen LogP contribution is 2.24. The average Bonchev–Trinajstić information content (AvgIpc) is 3.38. The van der Waals surface area contributed by atoms with E-state index in [9.17, 15) is 4.79 Å². The second kappa shape index (κ2) is 6.58. The van der Waals surface area contributed by atoms with Crippen molar-refractivity contribution in [1.29, 1.82) is 0 Å². The van der Waals surface area contributed by atoms with E-state index in [-0.39, 0.29) is 18.4 Å². The number of likely N-dealkylation sites (tertiary alicyclic amines) is 1. The van der Waals surface area contributed by atoms with Crippen molar-refractivity contribution in [3.05, 3.63) is 48.6 Å². The maximum absolute atomic E-state index is 12.7. The van der Waals surface area contributed by atoms with Gasteiger partial charge in [0.25, 0.3) is 5.89 Å². The number of carbonyl (C=O) groups excluding carboxylic acids is 1. The lowest BCUT2D eigenvalue weighted by Crippen LogP contribution is -2.41. The first kappa shape index (κ1) is 15.7. The zero-order chi connectivity index (χ0) is 17.2. The lowest BCUT2D eigenvalue weighted by Gasteiger charge is -2.33. The van der Waals surface area contributed by atoms with Crippen LogP contribution in [0, 0.1) is 6.92 Å². The molecule has 25 heavy (non-hydrogen) atoms. The molecular formula is C18H20N4O3. The molecule has 0 spiro atoms. The smallest absolute Gasteiger partial charge is 0.263 e. The minimum atomic E-state index is 0.0761. The van der Waals surface area contributed by atoms with E-state index in [0.29, 0.717) is 29.6 Å². The number of carbonyl (C=O) groups is 1. The Bertz CT molecular complexity index is 836. The number of furan rings is 1. The van der Waals surface area contributed by atoms with Gasteiger partial charge in [-0.2, -0.15) is 0 Å². The molecule has 7 nitrogen and oxygen atoms in total. The third-order valence-corrected chi connectivity index (χ3v) is 4.64. The fourth-order valence-electron chi connectivity index (χ4n) is 3.26. The Kier molecular flexibility index (Phi) is 4.13. The topological polar surface area (TPSA) is 77.3 Å². The maximum atomic E-state index is 12.7. The molecule has 0 aliphatic carbocycles. The van der Waals surface area contributed by atoms with Crippen LogP contribution in [0.15, 0.2) is 46.0 Å². The van der Waals surface area contributed by atoms with Gasteiger partial charge >= 0.3 is 0 Å². The van der Waals surface area contributed by atoms with Gasteiger partial charge in [-0.3, -0.25) is 4.79 Å². The van der Waals surface area contributed by atoms with E-state index >= 15 is 0 Å². The number of hydrogen-bond acceptors (Lipinski definition) is 5. The van der Waals surface area contributed by atoms with Crippen LogP contribution in [0.3, 0.4) is 0 Å². The highest BCUT2D eigenvalue weighted by atomic mass is 16.4. The minimum absolute atomic E-state index is 0.0761. The molecule has 0 bridgehead atoms. The lowest BCUT2D eigenvalue weighted by atomic mass is 10.0. The molecule has 0 radical (unpaired) electrons. The molecule has 130 valence electrons. The minimum Gasteiger partial charge on any atom is -0.459 e. The highest BCUT2D eigenvalue weighted by Gasteiger charge is 2.26. The van der Waals surface area contributed by atoms with Crippen LogP contribution in [-0.4, -0.2) is 38.4 Å². The van der Waals surface area contributed by atoms with Crippen molar-refractivity contribution in [3.8, 4) is 11.7 Å². The van der Waals surface area contributed by atoms with Gasteiger partial charge in [0.05, 0.1) is 30.7 Å². The van der Waals surface area contributed by atoms with Crippen molar-refractivity contribution in [3.63, 3.8) is 0 Å². The van der Waals surface area contributed by atoms with E-state index in [4.69, 9.17) is 8.83 Å². The molecule has 0 aromatic carbocycles. The second-order valence-electron chi connectivity index (χ2n) is 6.32. The summed E-state index contributed by atoms with van der Waals surface area (Å²) in [6.07, 6.45) is 9.41. The Balaban J connectivity index is 1.45. The summed E-state index contributed by atoms with van der Waals surface area (Å²) in [5.74, 6) is 1.72. The molecule has 0 N–H and O–H groups in total. The summed E-state index contributed by atoms with van der Waals surface area (Å²) in [5.41, 5.74) is 0.668. The Labute approximate surface area is 145 Å². The molecule has 4 rings (SSSR count). The molecule has 1 atom stereocenters. The van der Waals surface area contributed by atoms with Gasteiger partial charge in [-0.25, -0.2) is 9.97 Å². The van der Waals surface area contributed by atoms with Crippen LogP contribution in [0.2, 0.25) is 0 Å². The molecule has 4 heterocycles. The molecule has 3 aromatic heterocycles. The van der Waals surface area contributed by atoms with Gasteiger partial charge in [0.1, 0.15) is 5.76 Å². The fourth-order valence-corrected chi connectivity index (χ4v) is 3.26. The molecule has 1 unspecified atom stereocenters. The zero-order valence-corrected chi connectivity index (χ0v) is 14.1. The van der Waals surface area contributed by atoms with Crippen molar-refractivity contribution < 1.29 is 13.6 Å². The number of aryl methyl sites for hydroxylation is 1. The van der Waals surface area contributed by atoms with Crippen LogP contribution >= 0.6 is 0 Å². The van der Waals surface area contributed by atoms with Gasteiger partial charge in [-0.05, 0) is 31.9 Å². The molecule has 3 aromatic rings. The normalized spacial score (nSPS) is 17.8. The van der Waals surface area contributed by atoms with Crippen molar-refractivity contribution in [1.82, 2.24) is 19.4 Å². The van der Waals surface area contributed by atoms with Gasteiger partial charge in [-0.1, -0.05) is 0 Å². The number of rotatable bonds is 4. The summed E-state index contributed by atoms with van der Waals surface area (Å²) in [6, 6.07) is 3.86. The number of nitrogens with zero attached hydrogens (tertiary/aromatic N) is 4. The van der Waals surface area contributed by atoms with Crippen LogP contribution < -0.4 is 0 Å². The molecule has 1 aliphatic heterocycles. The summed E-state index contributed by atoms with van der Waals surface area (Å²) >= 11 is 0. The van der Waals surface area contributed by atoms with Crippen LogP contribution in [0.5, 0.6) is 0 Å². The fraction of sp³-hybridized carbons (Fsp3) is 0.389. The van der Waals surface area contributed by atoms with Crippen LogP contribution in [0.25, 0.3) is 11.7 Å². The van der Waals surface area contributed by atoms with Gasteiger partial charge in [0.2, 0.25) is 5.91 Å². The summed E-state index contributed by atoms with van der Waals surface area (Å²) in [5, 5.41) is 0. The summed E-state index contributed by atoms with van der Waals surface area (Å²) < 4.78 is 13.0. The Morgan fingerprint density at radius 2 is 2.36 bits per heavy atom. The van der Waals surface area contributed by atoms with Crippen molar-refractivity contribution in [2.24, 2.45) is 0 Å². The number of amides is 1. The molecule has 0 saturated carbocycles. The third-order valence-electron chi connectivity index (χ3n) is 4.64. The highest BCUT2D eigenvalue weighted by molar-refractivity contribution is 5.78. The number of piperidine rings is 1. The van der Waals surface area contributed by atoms with E-state index in [0.717, 1.165) is 19.4 Å². The van der Waals surface area contributed by atoms with E-state index in [1.54, 1.807) is 24.6 Å². The van der Waals surface area contributed by atoms with Crippen LogP contribution in [0.1, 0.15) is 30.3 Å².